The van der Waals surface area contributed by atoms with Gasteiger partial charge < -0.3 is 15.6 Å². The van der Waals surface area contributed by atoms with Gasteiger partial charge in [-0.1, -0.05) is 13.8 Å². The first-order valence-electron chi connectivity index (χ1n) is 8.89. The summed E-state index contributed by atoms with van der Waals surface area (Å²) in [5.74, 6) is 0.937. The SMILES string of the molecule is CC(C)C[C@](C)(N)COc1ccc(-c2ccnc(N(C)C(=O)O)n2)cc1C#N. The number of hydrogen-bond donors (Lipinski definition) is 2. The highest BCUT2D eigenvalue weighted by atomic mass is 16.5. The second-order valence-corrected chi connectivity index (χ2v) is 7.45. The number of carboxylic acid groups (broad SMARTS) is 1. The Bertz CT molecular complexity index is 890. The van der Waals surface area contributed by atoms with E-state index in [-0.39, 0.29) is 5.95 Å². The molecule has 0 unspecified atom stereocenters. The third-order valence-electron chi connectivity index (χ3n) is 4.06. The van der Waals surface area contributed by atoms with Gasteiger partial charge in [0.1, 0.15) is 18.4 Å². The van der Waals surface area contributed by atoms with Crippen LogP contribution in [0.3, 0.4) is 0 Å². The minimum atomic E-state index is -1.16. The van der Waals surface area contributed by atoms with Gasteiger partial charge in [-0.3, -0.25) is 0 Å². The predicted octanol–water partition coefficient (Wildman–Crippen LogP) is 3.27. The Balaban J connectivity index is 2.25. The van der Waals surface area contributed by atoms with Crippen LogP contribution in [0.2, 0.25) is 0 Å². The Hall–Kier alpha value is -3.18. The van der Waals surface area contributed by atoms with E-state index < -0.39 is 11.6 Å². The Morgan fingerprint density at radius 1 is 1.43 bits per heavy atom. The Morgan fingerprint density at radius 3 is 2.75 bits per heavy atom. The molecule has 0 bridgehead atoms. The average Bonchev–Trinajstić information content (AvgIpc) is 2.64. The molecule has 0 saturated heterocycles. The molecule has 1 aromatic heterocycles. The molecule has 0 aliphatic carbocycles. The highest BCUT2D eigenvalue weighted by Gasteiger charge is 2.22. The molecule has 1 atom stereocenters. The number of ether oxygens (including phenoxy) is 1. The quantitative estimate of drug-likeness (QED) is 0.751. The van der Waals surface area contributed by atoms with Gasteiger partial charge in [-0.15, -0.1) is 0 Å². The number of hydrogen-bond acceptors (Lipinski definition) is 6. The molecule has 0 fully saturated rings. The molecule has 1 heterocycles. The van der Waals surface area contributed by atoms with Gasteiger partial charge >= 0.3 is 6.09 Å². The van der Waals surface area contributed by atoms with Crippen LogP contribution < -0.4 is 15.4 Å². The van der Waals surface area contributed by atoms with Gasteiger partial charge in [-0.25, -0.2) is 19.7 Å². The molecule has 0 aliphatic rings. The van der Waals surface area contributed by atoms with Crippen molar-refractivity contribution in [2.75, 3.05) is 18.6 Å². The minimum absolute atomic E-state index is 0.0522. The normalized spacial score (nSPS) is 12.9. The summed E-state index contributed by atoms with van der Waals surface area (Å²) in [4.78, 5) is 20.2. The zero-order valence-electron chi connectivity index (χ0n) is 16.5. The molecule has 148 valence electrons. The second-order valence-electron chi connectivity index (χ2n) is 7.45. The van der Waals surface area contributed by atoms with Gasteiger partial charge in [0.15, 0.2) is 0 Å². The van der Waals surface area contributed by atoms with Crippen molar-refractivity contribution in [3.05, 3.63) is 36.0 Å². The van der Waals surface area contributed by atoms with E-state index in [1.807, 2.05) is 6.92 Å². The van der Waals surface area contributed by atoms with Crippen molar-refractivity contribution in [2.24, 2.45) is 11.7 Å². The number of anilines is 1. The van der Waals surface area contributed by atoms with Crippen LogP contribution in [0.25, 0.3) is 11.3 Å². The summed E-state index contributed by atoms with van der Waals surface area (Å²) < 4.78 is 5.81. The number of nitrogens with two attached hydrogens (primary N) is 1. The topological polar surface area (TPSA) is 125 Å². The van der Waals surface area contributed by atoms with Crippen LogP contribution in [-0.4, -0.2) is 40.4 Å². The fourth-order valence-corrected chi connectivity index (χ4v) is 2.89. The van der Waals surface area contributed by atoms with E-state index in [9.17, 15) is 10.1 Å². The zero-order valence-corrected chi connectivity index (χ0v) is 16.5. The van der Waals surface area contributed by atoms with Crippen LogP contribution in [0.15, 0.2) is 30.5 Å². The average molecular weight is 383 g/mol. The lowest BCUT2D eigenvalue weighted by Gasteiger charge is -2.26. The smallest absolute Gasteiger partial charge is 0.413 e. The molecule has 28 heavy (non-hydrogen) atoms. The van der Waals surface area contributed by atoms with Crippen molar-refractivity contribution in [2.45, 2.75) is 32.7 Å². The summed E-state index contributed by atoms with van der Waals surface area (Å²) in [7, 11) is 1.36. The highest BCUT2D eigenvalue weighted by Crippen LogP contribution is 2.27. The van der Waals surface area contributed by atoms with Gasteiger partial charge in [0.05, 0.1) is 11.3 Å². The molecule has 8 heteroatoms. The third-order valence-corrected chi connectivity index (χ3v) is 4.06. The van der Waals surface area contributed by atoms with E-state index in [4.69, 9.17) is 15.6 Å². The molecular formula is C20H25N5O3. The van der Waals surface area contributed by atoms with E-state index in [2.05, 4.69) is 29.9 Å². The molecule has 1 amide bonds. The van der Waals surface area contributed by atoms with Gasteiger partial charge in [0, 0.05) is 24.3 Å². The van der Waals surface area contributed by atoms with Crippen LogP contribution in [-0.2, 0) is 0 Å². The van der Waals surface area contributed by atoms with E-state index in [1.165, 1.54) is 13.2 Å². The molecule has 2 aromatic rings. The third kappa shape index (κ3) is 5.41. The number of carbonyl (C=O) groups is 1. The lowest BCUT2D eigenvalue weighted by molar-refractivity contribution is 0.203. The predicted molar refractivity (Wildman–Crippen MR) is 106 cm³/mol. The molecule has 0 radical (unpaired) electrons. The molecule has 8 nitrogen and oxygen atoms in total. The van der Waals surface area contributed by atoms with E-state index in [0.717, 1.165) is 11.3 Å². The van der Waals surface area contributed by atoms with Crippen LogP contribution >= 0.6 is 0 Å². The molecule has 0 spiro atoms. The summed E-state index contributed by atoms with van der Waals surface area (Å²) >= 11 is 0. The Labute approximate surface area is 164 Å². The standard InChI is InChI=1S/C20H25N5O3/c1-13(2)10-20(3,22)12-28-17-6-5-14(9-15(17)11-21)16-7-8-23-18(24-16)25(4)19(26)27/h5-9,13H,10,12,22H2,1-4H3,(H,26,27)/t20-/m0/s1. The number of amides is 1. The van der Waals surface area contributed by atoms with Crippen molar-refractivity contribution in [3.63, 3.8) is 0 Å². The second kappa shape index (κ2) is 8.67. The Kier molecular flexibility index (Phi) is 6.54. The largest absolute Gasteiger partial charge is 0.490 e. The number of nitrogens with zero attached hydrogens (tertiary/aromatic N) is 4. The molecule has 0 saturated carbocycles. The minimum Gasteiger partial charge on any atom is -0.490 e. The molecule has 0 aliphatic heterocycles. The van der Waals surface area contributed by atoms with E-state index in [0.29, 0.717) is 35.1 Å². The molecule has 1 aromatic carbocycles. The summed E-state index contributed by atoms with van der Waals surface area (Å²) in [5.41, 5.74) is 7.28. The van der Waals surface area contributed by atoms with Gasteiger partial charge in [-0.2, -0.15) is 5.26 Å². The molecule has 2 rings (SSSR count). The monoisotopic (exact) mass is 383 g/mol. The first kappa shape index (κ1) is 21.1. The van der Waals surface area contributed by atoms with Crippen LogP contribution in [0.4, 0.5) is 10.7 Å². The number of nitriles is 1. The zero-order chi connectivity index (χ0) is 20.9. The van der Waals surface area contributed by atoms with Crippen molar-refractivity contribution >= 4 is 12.0 Å². The maximum atomic E-state index is 11.1. The van der Waals surface area contributed by atoms with Crippen molar-refractivity contribution < 1.29 is 14.6 Å². The van der Waals surface area contributed by atoms with Crippen LogP contribution in [0, 0.1) is 17.2 Å². The summed E-state index contributed by atoms with van der Waals surface area (Å²) in [6.45, 7) is 6.41. The summed E-state index contributed by atoms with van der Waals surface area (Å²) in [5, 5.41) is 18.6. The number of aromatic nitrogens is 2. The van der Waals surface area contributed by atoms with Crippen LogP contribution in [0.1, 0.15) is 32.8 Å². The summed E-state index contributed by atoms with van der Waals surface area (Å²) in [6.07, 6.45) is 1.11. The van der Waals surface area contributed by atoms with Gasteiger partial charge in [0.25, 0.3) is 0 Å². The highest BCUT2D eigenvalue weighted by molar-refractivity contribution is 5.83. The van der Waals surface area contributed by atoms with Crippen molar-refractivity contribution in [1.29, 1.82) is 5.26 Å². The molecule has 3 N–H and O–H groups in total. The lowest BCUT2D eigenvalue weighted by Crippen LogP contribution is -2.43. The van der Waals surface area contributed by atoms with E-state index in [1.54, 1.807) is 24.3 Å². The number of benzene rings is 1. The fourth-order valence-electron chi connectivity index (χ4n) is 2.89. The van der Waals surface area contributed by atoms with E-state index >= 15 is 0 Å². The van der Waals surface area contributed by atoms with Crippen LogP contribution in [0.5, 0.6) is 5.75 Å². The fraction of sp³-hybridized carbons (Fsp3) is 0.400. The lowest BCUT2D eigenvalue weighted by atomic mass is 9.93. The first-order valence-corrected chi connectivity index (χ1v) is 8.89. The maximum Gasteiger partial charge on any atom is 0.413 e. The first-order chi connectivity index (χ1) is 13.1. The molecular weight excluding hydrogens is 358 g/mol. The number of rotatable bonds is 7. The maximum absolute atomic E-state index is 11.1. The van der Waals surface area contributed by atoms with Gasteiger partial charge in [-0.05, 0) is 43.5 Å². The summed E-state index contributed by atoms with van der Waals surface area (Å²) in [6, 6.07) is 8.88. The Morgan fingerprint density at radius 2 is 2.14 bits per heavy atom. The van der Waals surface area contributed by atoms with Gasteiger partial charge in [0.2, 0.25) is 5.95 Å². The van der Waals surface area contributed by atoms with Crippen molar-refractivity contribution in [1.82, 2.24) is 9.97 Å². The van der Waals surface area contributed by atoms with Crippen molar-refractivity contribution in [3.8, 4) is 23.1 Å².